The predicted octanol–water partition coefficient (Wildman–Crippen LogP) is 3.05. The molecule has 0 aliphatic heterocycles. The molecule has 0 aliphatic carbocycles. The van der Waals surface area contributed by atoms with Crippen molar-refractivity contribution < 1.29 is 9.32 Å². The highest BCUT2D eigenvalue weighted by Gasteiger charge is 2.09. The maximum absolute atomic E-state index is 11.7. The molecular weight excluding hydrogens is 216 g/mol. The molecule has 2 aromatic rings. The van der Waals surface area contributed by atoms with Gasteiger partial charge >= 0.3 is 0 Å². The van der Waals surface area contributed by atoms with Crippen molar-refractivity contribution in [2.75, 3.05) is 5.32 Å². The Labute approximate surface area is 99.6 Å². The van der Waals surface area contributed by atoms with E-state index in [0.717, 1.165) is 5.69 Å². The Hall–Kier alpha value is -2.10. The van der Waals surface area contributed by atoms with E-state index < -0.39 is 0 Å². The summed E-state index contributed by atoms with van der Waals surface area (Å²) < 4.78 is 4.61. The van der Waals surface area contributed by atoms with Crippen LogP contribution in [0.2, 0.25) is 0 Å². The third kappa shape index (κ3) is 2.72. The first kappa shape index (κ1) is 11.4. The van der Waals surface area contributed by atoms with Crippen LogP contribution in [-0.4, -0.2) is 11.1 Å². The number of rotatable bonds is 3. The molecule has 0 fully saturated rings. The van der Waals surface area contributed by atoms with Crippen LogP contribution in [0.25, 0.3) is 0 Å². The van der Waals surface area contributed by atoms with Crippen LogP contribution in [0.15, 0.2) is 41.1 Å². The zero-order chi connectivity index (χ0) is 12.3. The number of carbonyl (C=O) groups is 1. The van der Waals surface area contributed by atoms with Gasteiger partial charge in [-0.3, -0.25) is 4.79 Å². The number of carbonyl (C=O) groups excluding carboxylic acids is 1. The van der Waals surface area contributed by atoms with E-state index in [1.165, 1.54) is 17.9 Å². The number of hydrogen-bond acceptors (Lipinski definition) is 3. The molecule has 1 N–H and O–H groups in total. The molecule has 0 unspecified atom stereocenters. The van der Waals surface area contributed by atoms with E-state index in [2.05, 4.69) is 28.8 Å². The smallest absolute Gasteiger partial charge is 0.277 e. The Morgan fingerprint density at radius 1 is 1.24 bits per heavy atom. The number of anilines is 1. The van der Waals surface area contributed by atoms with Crippen molar-refractivity contribution in [3.8, 4) is 0 Å². The number of nitrogens with zero attached hydrogens (tertiary/aromatic N) is 1. The first-order valence-corrected chi connectivity index (χ1v) is 5.48. The van der Waals surface area contributed by atoms with Gasteiger partial charge < -0.3 is 9.84 Å². The van der Waals surface area contributed by atoms with Gasteiger partial charge in [0.25, 0.3) is 5.91 Å². The normalized spacial score (nSPS) is 10.5. The van der Waals surface area contributed by atoms with E-state index in [0.29, 0.717) is 5.92 Å². The van der Waals surface area contributed by atoms with Crippen LogP contribution in [0.4, 0.5) is 5.69 Å². The number of benzene rings is 1. The van der Waals surface area contributed by atoms with Crippen molar-refractivity contribution in [1.29, 1.82) is 0 Å². The van der Waals surface area contributed by atoms with Gasteiger partial charge in [0.1, 0.15) is 6.26 Å². The maximum Gasteiger partial charge on any atom is 0.277 e. The average Bonchev–Trinajstić information content (AvgIpc) is 2.83. The van der Waals surface area contributed by atoms with Crippen LogP contribution in [0.5, 0.6) is 0 Å². The minimum absolute atomic E-state index is 0.268. The molecule has 1 aromatic heterocycles. The molecule has 0 aliphatic rings. The lowest BCUT2D eigenvalue weighted by Crippen LogP contribution is -2.12. The summed E-state index contributed by atoms with van der Waals surface area (Å²) in [5, 5.41) is 6.32. The summed E-state index contributed by atoms with van der Waals surface area (Å²) in [7, 11) is 0. The van der Waals surface area contributed by atoms with E-state index in [-0.39, 0.29) is 11.6 Å². The van der Waals surface area contributed by atoms with Crippen LogP contribution in [0.1, 0.15) is 35.8 Å². The van der Waals surface area contributed by atoms with Crippen molar-refractivity contribution in [3.63, 3.8) is 0 Å². The second-order valence-electron chi connectivity index (χ2n) is 4.12. The zero-order valence-electron chi connectivity index (χ0n) is 9.81. The van der Waals surface area contributed by atoms with Gasteiger partial charge in [-0.25, -0.2) is 0 Å². The SMILES string of the molecule is CC(C)c1ccc(NC(=O)c2ccon2)cc1. The molecular formula is C13H14N2O2. The van der Waals surface area contributed by atoms with Gasteiger partial charge in [-0.1, -0.05) is 31.1 Å². The summed E-state index contributed by atoms with van der Waals surface area (Å²) in [4.78, 5) is 11.7. The van der Waals surface area contributed by atoms with Crippen molar-refractivity contribution in [3.05, 3.63) is 47.9 Å². The maximum atomic E-state index is 11.7. The Morgan fingerprint density at radius 2 is 1.94 bits per heavy atom. The highest BCUT2D eigenvalue weighted by Crippen LogP contribution is 2.17. The monoisotopic (exact) mass is 230 g/mol. The Morgan fingerprint density at radius 3 is 2.47 bits per heavy atom. The molecule has 2 rings (SSSR count). The second kappa shape index (κ2) is 4.82. The number of nitrogens with one attached hydrogen (secondary N) is 1. The van der Waals surface area contributed by atoms with Crippen LogP contribution >= 0.6 is 0 Å². The molecule has 4 heteroatoms. The summed E-state index contributed by atoms with van der Waals surface area (Å²) in [5.74, 6) is 0.214. The third-order valence-corrected chi connectivity index (χ3v) is 2.51. The molecule has 1 aromatic carbocycles. The topological polar surface area (TPSA) is 55.1 Å². The number of hydrogen-bond donors (Lipinski definition) is 1. The largest absolute Gasteiger partial charge is 0.364 e. The molecule has 17 heavy (non-hydrogen) atoms. The summed E-state index contributed by atoms with van der Waals surface area (Å²) in [6.07, 6.45) is 1.37. The lowest BCUT2D eigenvalue weighted by Gasteiger charge is -2.07. The van der Waals surface area contributed by atoms with E-state index in [1.807, 2.05) is 24.3 Å². The third-order valence-electron chi connectivity index (χ3n) is 2.51. The molecule has 0 bridgehead atoms. The lowest BCUT2D eigenvalue weighted by molar-refractivity contribution is 0.101. The minimum Gasteiger partial charge on any atom is -0.364 e. The van der Waals surface area contributed by atoms with E-state index in [9.17, 15) is 4.79 Å². The molecule has 0 radical (unpaired) electrons. The van der Waals surface area contributed by atoms with E-state index in [4.69, 9.17) is 0 Å². The van der Waals surface area contributed by atoms with Crippen LogP contribution in [0, 0.1) is 0 Å². The molecule has 1 amide bonds. The number of amides is 1. The fourth-order valence-corrected chi connectivity index (χ4v) is 1.48. The quantitative estimate of drug-likeness (QED) is 0.881. The highest BCUT2D eigenvalue weighted by molar-refractivity contribution is 6.02. The van der Waals surface area contributed by atoms with E-state index in [1.54, 1.807) is 0 Å². The van der Waals surface area contributed by atoms with Crippen LogP contribution in [-0.2, 0) is 0 Å². The first-order valence-electron chi connectivity index (χ1n) is 5.48. The minimum atomic E-state index is -0.268. The fraction of sp³-hybridized carbons (Fsp3) is 0.231. The van der Waals surface area contributed by atoms with Crippen molar-refractivity contribution >= 4 is 11.6 Å². The van der Waals surface area contributed by atoms with Gasteiger partial charge in [-0.15, -0.1) is 0 Å². The number of aromatic nitrogens is 1. The van der Waals surface area contributed by atoms with Gasteiger partial charge in [0.05, 0.1) is 0 Å². The standard InChI is InChI=1S/C13H14N2O2/c1-9(2)10-3-5-11(6-4-10)14-13(16)12-7-8-17-15-12/h3-9H,1-2H3,(H,14,16). The van der Waals surface area contributed by atoms with Gasteiger partial charge in [0.2, 0.25) is 0 Å². The average molecular weight is 230 g/mol. The molecule has 88 valence electrons. The van der Waals surface area contributed by atoms with Crippen molar-refractivity contribution in [2.24, 2.45) is 0 Å². The van der Waals surface area contributed by atoms with E-state index >= 15 is 0 Å². The summed E-state index contributed by atoms with van der Waals surface area (Å²) in [6, 6.07) is 9.30. The van der Waals surface area contributed by atoms with Gasteiger partial charge in [-0.05, 0) is 23.6 Å². The van der Waals surface area contributed by atoms with Gasteiger partial charge in [0, 0.05) is 11.8 Å². The van der Waals surface area contributed by atoms with Crippen molar-refractivity contribution in [2.45, 2.75) is 19.8 Å². The Kier molecular flexibility index (Phi) is 3.23. The molecule has 0 atom stereocenters. The second-order valence-corrected chi connectivity index (χ2v) is 4.12. The zero-order valence-corrected chi connectivity index (χ0v) is 9.81. The molecule has 1 heterocycles. The Balaban J connectivity index is 2.07. The van der Waals surface area contributed by atoms with Crippen LogP contribution in [0.3, 0.4) is 0 Å². The lowest BCUT2D eigenvalue weighted by atomic mass is 10.0. The predicted molar refractivity (Wildman–Crippen MR) is 65.0 cm³/mol. The van der Waals surface area contributed by atoms with Crippen LogP contribution < -0.4 is 5.32 Å². The molecule has 0 saturated carbocycles. The molecule has 0 saturated heterocycles. The molecule has 4 nitrogen and oxygen atoms in total. The molecule has 0 spiro atoms. The summed E-state index contributed by atoms with van der Waals surface area (Å²) in [5.41, 5.74) is 2.27. The Bertz CT molecular complexity index is 487. The first-order chi connectivity index (χ1) is 8.16. The van der Waals surface area contributed by atoms with Gasteiger partial charge in [0.15, 0.2) is 5.69 Å². The van der Waals surface area contributed by atoms with Gasteiger partial charge in [-0.2, -0.15) is 0 Å². The highest BCUT2D eigenvalue weighted by atomic mass is 16.5. The fourth-order valence-electron chi connectivity index (χ4n) is 1.48. The summed E-state index contributed by atoms with van der Waals surface area (Å²) in [6.45, 7) is 4.26. The summed E-state index contributed by atoms with van der Waals surface area (Å²) >= 11 is 0. The van der Waals surface area contributed by atoms with Crippen molar-refractivity contribution in [1.82, 2.24) is 5.16 Å².